The highest BCUT2D eigenvalue weighted by atomic mass is 32.2. The second kappa shape index (κ2) is 10.2. The Morgan fingerprint density at radius 2 is 1.83 bits per heavy atom. The zero-order valence-corrected chi connectivity index (χ0v) is 20.6. The van der Waals surface area contributed by atoms with Crippen LogP contribution in [0.2, 0.25) is 0 Å². The van der Waals surface area contributed by atoms with Crippen molar-refractivity contribution in [2.75, 3.05) is 13.2 Å². The number of benzene rings is 2. The van der Waals surface area contributed by atoms with Gasteiger partial charge in [0.15, 0.2) is 5.16 Å². The molecule has 1 unspecified atom stereocenters. The number of nitrogens with zero attached hydrogens (tertiary/aromatic N) is 3. The molecule has 1 atom stereocenters. The minimum Gasteiger partial charge on any atom is -0.462 e. The third-order valence-corrected chi connectivity index (χ3v) is 7.27. The second-order valence-electron chi connectivity index (χ2n) is 8.55. The van der Waals surface area contributed by atoms with Crippen LogP contribution in [0.4, 0.5) is 0 Å². The van der Waals surface area contributed by atoms with Gasteiger partial charge in [0.25, 0.3) is 5.56 Å². The number of ether oxygens (including phenoxy) is 2. The third-order valence-electron chi connectivity index (χ3n) is 6.28. The number of hydrogen-bond acceptors (Lipinski definition) is 7. The lowest BCUT2D eigenvalue weighted by Gasteiger charge is -2.17. The Morgan fingerprint density at radius 3 is 2.54 bits per heavy atom. The van der Waals surface area contributed by atoms with Crippen molar-refractivity contribution in [1.29, 1.82) is 0 Å². The van der Waals surface area contributed by atoms with E-state index in [1.165, 1.54) is 11.8 Å². The van der Waals surface area contributed by atoms with Crippen LogP contribution in [0.1, 0.15) is 41.4 Å². The maximum atomic E-state index is 13.4. The van der Waals surface area contributed by atoms with Gasteiger partial charge in [0.2, 0.25) is 0 Å². The number of carbonyl (C=O) groups excluding carboxylic acids is 1. The molecule has 1 saturated heterocycles. The molecule has 7 nitrogen and oxygen atoms in total. The summed E-state index contributed by atoms with van der Waals surface area (Å²) in [5, 5.41) is 2.09. The molecular weight excluding hydrogens is 462 g/mol. The summed E-state index contributed by atoms with van der Waals surface area (Å²) in [6.07, 6.45) is 1.90. The maximum Gasteiger partial charge on any atom is 0.340 e. The Balaban J connectivity index is 1.57. The first kappa shape index (κ1) is 23.5. The Hall–Kier alpha value is -3.23. The molecule has 1 fully saturated rings. The molecule has 5 rings (SSSR count). The number of aryl methyl sites for hydroxylation is 1. The predicted molar refractivity (Wildman–Crippen MR) is 137 cm³/mol. The van der Waals surface area contributed by atoms with E-state index >= 15 is 0 Å². The van der Waals surface area contributed by atoms with Crippen LogP contribution in [-0.2, 0) is 21.8 Å². The lowest BCUT2D eigenvalue weighted by Crippen LogP contribution is -2.28. The summed E-state index contributed by atoms with van der Waals surface area (Å²) in [4.78, 5) is 35.9. The number of thioether (sulfide) groups is 1. The van der Waals surface area contributed by atoms with Crippen molar-refractivity contribution in [3.63, 3.8) is 0 Å². The first-order valence-corrected chi connectivity index (χ1v) is 12.8. The highest BCUT2D eigenvalue weighted by Crippen LogP contribution is 2.29. The first-order valence-electron chi connectivity index (χ1n) is 11.9. The Bertz CT molecular complexity index is 1460. The van der Waals surface area contributed by atoms with Crippen LogP contribution in [0.5, 0.6) is 0 Å². The fourth-order valence-electron chi connectivity index (χ4n) is 4.56. The maximum absolute atomic E-state index is 13.4. The number of para-hydroxylation sites is 2. The molecule has 1 aliphatic heterocycles. The van der Waals surface area contributed by atoms with Crippen LogP contribution in [0.25, 0.3) is 21.8 Å². The zero-order chi connectivity index (χ0) is 24.4. The van der Waals surface area contributed by atoms with Crippen molar-refractivity contribution in [2.24, 2.45) is 0 Å². The number of esters is 1. The summed E-state index contributed by atoms with van der Waals surface area (Å²) in [7, 11) is 0. The summed E-state index contributed by atoms with van der Waals surface area (Å²) in [6.45, 7) is 5.16. The van der Waals surface area contributed by atoms with Gasteiger partial charge in [0, 0.05) is 17.7 Å². The van der Waals surface area contributed by atoms with Gasteiger partial charge in [0.1, 0.15) is 0 Å². The van der Waals surface area contributed by atoms with Crippen LogP contribution in [0.3, 0.4) is 0 Å². The normalized spacial score (nSPS) is 15.7. The Labute approximate surface area is 207 Å². The van der Waals surface area contributed by atoms with E-state index in [0.29, 0.717) is 46.2 Å². The number of rotatable bonds is 7. The zero-order valence-electron chi connectivity index (χ0n) is 19.8. The van der Waals surface area contributed by atoms with Crippen LogP contribution in [-0.4, -0.2) is 39.8 Å². The van der Waals surface area contributed by atoms with E-state index in [0.717, 1.165) is 29.3 Å². The molecule has 2 aromatic heterocycles. The van der Waals surface area contributed by atoms with Gasteiger partial charge >= 0.3 is 5.97 Å². The van der Waals surface area contributed by atoms with Crippen molar-refractivity contribution in [1.82, 2.24) is 14.5 Å². The molecule has 3 heterocycles. The molecule has 0 spiro atoms. The van der Waals surface area contributed by atoms with Gasteiger partial charge in [-0.05, 0) is 50.5 Å². The second-order valence-corrected chi connectivity index (χ2v) is 9.49. The van der Waals surface area contributed by atoms with Gasteiger partial charge in [-0.1, -0.05) is 42.1 Å². The summed E-state index contributed by atoms with van der Waals surface area (Å²) in [6, 6.07) is 15.1. The van der Waals surface area contributed by atoms with E-state index in [-0.39, 0.29) is 24.2 Å². The Kier molecular flexibility index (Phi) is 6.83. The van der Waals surface area contributed by atoms with Crippen LogP contribution in [0.15, 0.2) is 58.5 Å². The van der Waals surface area contributed by atoms with Crippen LogP contribution >= 0.6 is 11.8 Å². The average Bonchev–Trinajstić information content (AvgIpc) is 3.38. The number of fused-ring (bicyclic) bond motifs is 2. The van der Waals surface area contributed by atoms with Gasteiger partial charge < -0.3 is 9.47 Å². The molecule has 0 aliphatic carbocycles. The molecule has 0 N–H and O–H groups in total. The van der Waals surface area contributed by atoms with Crippen LogP contribution in [0, 0.1) is 6.92 Å². The van der Waals surface area contributed by atoms with Gasteiger partial charge in [-0.3, -0.25) is 14.3 Å². The summed E-state index contributed by atoms with van der Waals surface area (Å²) >= 11 is 1.41. The van der Waals surface area contributed by atoms with E-state index in [1.807, 2.05) is 49.4 Å². The van der Waals surface area contributed by atoms with Crippen molar-refractivity contribution in [2.45, 2.75) is 50.2 Å². The van der Waals surface area contributed by atoms with Gasteiger partial charge in [-0.2, -0.15) is 0 Å². The summed E-state index contributed by atoms with van der Waals surface area (Å²) < 4.78 is 12.9. The third kappa shape index (κ3) is 4.68. The molecule has 0 amide bonds. The van der Waals surface area contributed by atoms with Gasteiger partial charge in [0.05, 0.1) is 46.9 Å². The van der Waals surface area contributed by atoms with E-state index < -0.39 is 0 Å². The van der Waals surface area contributed by atoms with E-state index in [1.54, 1.807) is 17.6 Å². The van der Waals surface area contributed by atoms with E-state index in [9.17, 15) is 9.59 Å². The smallest absolute Gasteiger partial charge is 0.340 e. The molecule has 35 heavy (non-hydrogen) atoms. The van der Waals surface area contributed by atoms with Crippen molar-refractivity contribution in [3.05, 3.63) is 75.7 Å². The predicted octanol–water partition coefficient (Wildman–Crippen LogP) is 4.90. The molecule has 1 aliphatic rings. The fraction of sp³-hybridized carbons (Fsp3) is 0.333. The van der Waals surface area contributed by atoms with Gasteiger partial charge in [-0.25, -0.2) is 9.78 Å². The largest absolute Gasteiger partial charge is 0.462 e. The summed E-state index contributed by atoms with van der Waals surface area (Å²) in [5.74, 6) is -0.0158. The molecule has 2 aromatic carbocycles. The molecule has 0 bridgehead atoms. The monoisotopic (exact) mass is 489 g/mol. The molecule has 4 aromatic rings. The standard InChI is InChI=1S/C27H27N3O4S/c1-3-33-26(32)24-17(2)19-10-4-6-12-21(19)28-23(24)16-35-27-29-22-13-7-5-11-20(22)25(31)30(27)15-18-9-8-14-34-18/h4-7,10-13,18H,3,8-9,14-16H2,1-2H3. The first-order chi connectivity index (χ1) is 17.1. The minimum absolute atomic E-state index is 0.00820. The lowest BCUT2D eigenvalue weighted by molar-refractivity contribution is 0.0524. The summed E-state index contributed by atoms with van der Waals surface area (Å²) in [5.41, 5.74) is 3.33. The Morgan fingerprint density at radius 1 is 1.11 bits per heavy atom. The van der Waals surface area contributed by atoms with E-state index in [4.69, 9.17) is 19.4 Å². The van der Waals surface area contributed by atoms with Crippen molar-refractivity contribution < 1.29 is 14.3 Å². The minimum atomic E-state index is -0.387. The topological polar surface area (TPSA) is 83.3 Å². The molecule has 180 valence electrons. The number of pyridine rings is 1. The van der Waals surface area contributed by atoms with E-state index in [2.05, 4.69) is 0 Å². The molecule has 0 radical (unpaired) electrons. The quantitative estimate of drug-likeness (QED) is 0.207. The van der Waals surface area contributed by atoms with Gasteiger partial charge in [-0.15, -0.1) is 0 Å². The van der Waals surface area contributed by atoms with Crippen molar-refractivity contribution in [3.8, 4) is 0 Å². The van der Waals surface area contributed by atoms with Crippen molar-refractivity contribution >= 4 is 39.5 Å². The SMILES string of the molecule is CCOC(=O)c1c(CSc2nc3ccccc3c(=O)n2CC2CCCO2)nc2ccccc2c1C. The number of hydrogen-bond donors (Lipinski definition) is 0. The molecular formula is C27H27N3O4S. The highest BCUT2D eigenvalue weighted by molar-refractivity contribution is 7.98. The molecule has 8 heteroatoms. The number of aromatic nitrogens is 3. The fourth-order valence-corrected chi connectivity index (χ4v) is 5.51. The van der Waals surface area contributed by atoms with Crippen LogP contribution < -0.4 is 5.56 Å². The lowest BCUT2D eigenvalue weighted by atomic mass is 10.0. The molecule has 0 saturated carbocycles. The average molecular weight is 490 g/mol. The number of carbonyl (C=O) groups is 1. The highest BCUT2D eigenvalue weighted by Gasteiger charge is 2.23.